The number of nitrogens with zero attached hydrogens (tertiary/aromatic N) is 3. The summed E-state index contributed by atoms with van der Waals surface area (Å²) in [7, 11) is 1.60. The topological polar surface area (TPSA) is 103 Å². The molecule has 0 spiro atoms. The number of benzene rings is 2. The first-order valence-electron chi connectivity index (χ1n) is 9.25. The molecule has 1 aliphatic heterocycles. The number of likely N-dealkylation sites (N-methyl/N-ethyl adjacent to an activating group) is 1. The van der Waals surface area contributed by atoms with E-state index in [1.165, 1.54) is 4.90 Å². The zero-order valence-electron chi connectivity index (χ0n) is 15.9. The van der Waals surface area contributed by atoms with Gasteiger partial charge in [-0.15, -0.1) is 0 Å². The summed E-state index contributed by atoms with van der Waals surface area (Å²) in [6.45, 7) is 1.82. The number of amides is 1. The van der Waals surface area contributed by atoms with Gasteiger partial charge < -0.3 is 10.8 Å². The molecule has 0 saturated heterocycles. The molecule has 0 unspecified atom stereocenters. The number of aliphatic imine (C=N–C) groups is 1. The van der Waals surface area contributed by atoms with Gasteiger partial charge in [-0.3, -0.25) is 9.69 Å². The van der Waals surface area contributed by atoms with E-state index in [0.29, 0.717) is 5.56 Å². The van der Waals surface area contributed by atoms with Crippen LogP contribution in [0.5, 0.6) is 5.75 Å². The van der Waals surface area contributed by atoms with E-state index in [1.54, 1.807) is 31.3 Å². The first-order valence-corrected chi connectivity index (χ1v) is 9.25. The molecule has 4 rings (SSSR count). The average Bonchev–Trinajstić information content (AvgIpc) is 3.48. The van der Waals surface area contributed by atoms with Crippen LogP contribution in [0, 0.1) is 11.3 Å². The molecule has 2 atom stereocenters. The highest BCUT2D eigenvalue weighted by molar-refractivity contribution is 6.02. The Bertz CT molecular complexity index is 1020. The highest BCUT2D eigenvalue weighted by Gasteiger charge is 2.49. The Morgan fingerprint density at radius 2 is 1.86 bits per heavy atom. The van der Waals surface area contributed by atoms with Crippen molar-refractivity contribution < 1.29 is 9.90 Å². The fourth-order valence-electron chi connectivity index (χ4n) is 4.09. The minimum atomic E-state index is -1.05. The van der Waals surface area contributed by atoms with Gasteiger partial charge in [0.1, 0.15) is 11.3 Å². The highest BCUT2D eigenvalue weighted by atomic mass is 16.3. The van der Waals surface area contributed by atoms with E-state index in [2.05, 4.69) is 11.1 Å². The number of rotatable bonds is 3. The third kappa shape index (κ3) is 2.55. The lowest BCUT2D eigenvalue weighted by molar-refractivity contribution is -0.130. The molecule has 142 valence electrons. The lowest BCUT2D eigenvalue weighted by atomic mass is 9.74. The highest BCUT2D eigenvalue weighted by Crippen LogP contribution is 2.49. The van der Waals surface area contributed by atoms with Crippen LogP contribution in [0.15, 0.2) is 53.5 Å². The van der Waals surface area contributed by atoms with E-state index in [-0.39, 0.29) is 23.0 Å². The van der Waals surface area contributed by atoms with Gasteiger partial charge in [0, 0.05) is 12.6 Å². The number of carbonyl (C=O) groups is 1. The lowest BCUT2D eigenvalue weighted by Gasteiger charge is -2.41. The SMILES string of the molecule is CN1C(=O)[C@H](c2ccc(C3(C#N)CC3)cc2)[C@@](C)(c2ccccc2O)N=C1N. The maximum atomic E-state index is 13.2. The van der Waals surface area contributed by atoms with Crippen molar-refractivity contribution in [2.24, 2.45) is 10.7 Å². The monoisotopic (exact) mass is 374 g/mol. The Labute approximate surface area is 163 Å². The Kier molecular flexibility index (Phi) is 3.93. The number of phenols is 1. The normalized spacial score (nSPS) is 25.8. The molecule has 0 bridgehead atoms. The summed E-state index contributed by atoms with van der Waals surface area (Å²) >= 11 is 0. The third-order valence-corrected chi connectivity index (χ3v) is 6.04. The molecule has 1 amide bonds. The number of guanidine groups is 1. The molecule has 1 heterocycles. The molecule has 3 N–H and O–H groups in total. The summed E-state index contributed by atoms with van der Waals surface area (Å²) in [5.74, 6) is -0.649. The molecule has 6 nitrogen and oxygen atoms in total. The van der Waals surface area contributed by atoms with Crippen molar-refractivity contribution in [2.75, 3.05) is 7.05 Å². The van der Waals surface area contributed by atoms with Crippen LogP contribution in [0.25, 0.3) is 0 Å². The summed E-state index contributed by atoms with van der Waals surface area (Å²) in [4.78, 5) is 19.2. The van der Waals surface area contributed by atoms with Crippen molar-refractivity contribution in [2.45, 2.75) is 36.6 Å². The molecule has 0 aromatic heterocycles. The van der Waals surface area contributed by atoms with Crippen molar-refractivity contribution in [3.05, 3.63) is 65.2 Å². The largest absolute Gasteiger partial charge is 0.508 e. The van der Waals surface area contributed by atoms with Gasteiger partial charge in [0.25, 0.3) is 0 Å². The number of nitrogens with two attached hydrogens (primary N) is 1. The quantitative estimate of drug-likeness (QED) is 0.862. The van der Waals surface area contributed by atoms with E-state index in [4.69, 9.17) is 5.73 Å². The molecule has 2 aliphatic rings. The molecule has 6 heteroatoms. The number of nitriles is 1. The second-order valence-electron chi connectivity index (χ2n) is 7.78. The number of para-hydroxylation sites is 1. The smallest absolute Gasteiger partial charge is 0.239 e. The van der Waals surface area contributed by atoms with Gasteiger partial charge in [-0.05, 0) is 37.0 Å². The number of hydrogen-bond acceptors (Lipinski definition) is 5. The van der Waals surface area contributed by atoms with Crippen molar-refractivity contribution in [1.29, 1.82) is 5.26 Å². The molecule has 1 saturated carbocycles. The van der Waals surface area contributed by atoms with Gasteiger partial charge in [0.15, 0.2) is 5.96 Å². The van der Waals surface area contributed by atoms with E-state index >= 15 is 0 Å². The third-order valence-electron chi connectivity index (χ3n) is 6.04. The Morgan fingerprint density at radius 3 is 2.43 bits per heavy atom. The number of carbonyl (C=O) groups excluding carboxylic acids is 1. The van der Waals surface area contributed by atoms with Gasteiger partial charge in [0.2, 0.25) is 5.91 Å². The Hall–Kier alpha value is -3.33. The number of aromatic hydroxyl groups is 1. The van der Waals surface area contributed by atoms with Crippen molar-refractivity contribution in [1.82, 2.24) is 4.90 Å². The minimum absolute atomic E-state index is 0.0712. The molecule has 1 aliphatic carbocycles. The Morgan fingerprint density at radius 1 is 1.21 bits per heavy atom. The average molecular weight is 374 g/mol. The summed E-state index contributed by atoms with van der Waals surface area (Å²) in [5.41, 5.74) is 6.88. The van der Waals surface area contributed by atoms with Gasteiger partial charge in [-0.25, -0.2) is 4.99 Å². The molecular formula is C22H22N4O2. The second kappa shape index (κ2) is 6.10. The van der Waals surface area contributed by atoms with Crippen molar-refractivity contribution in [3.63, 3.8) is 0 Å². The molecule has 2 aromatic carbocycles. The summed E-state index contributed by atoms with van der Waals surface area (Å²) in [6, 6.07) is 16.9. The van der Waals surface area contributed by atoms with Crippen LogP contribution in [-0.4, -0.2) is 28.9 Å². The minimum Gasteiger partial charge on any atom is -0.508 e. The number of phenolic OH excluding ortho intramolecular Hbond substituents is 1. The molecule has 2 aromatic rings. The van der Waals surface area contributed by atoms with Gasteiger partial charge in [0.05, 0.1) is 17.4 Å². The standard InChI is InChI=1S/C22H22N4O2/c1-21(16-5-3-4-6-17(16)27)18(19(28)26(2)20(24)25-21)14-7-9-15(10-8-14)22(13-23)11-12-22/h3-10,18,27H,11-12H2,1-2H3,(H2,24,25)/t18-,21+/m0/s1. The fourth-order valence-corrected chi connectivity index (χ4v) is 4.09. The van der Waals surface area contributed by atoms with Crippen molar-refractivity contribution in [3.8, 4) is 11.8 Å². The summed E-state index contributed by atoms with van der Waals surface area (Å²) < 4.78 is 0. The molecule has 0 radical (unpaired) electrons. The zero-order valence-corrected chi connectivity index (χ0v) is 15.9. The number of hydrogen-bond donors (Lipinski definition) is 2. The first-order chi connectivity index (χ1) is 13.3. The predicted octanol–water partition coefficient (Wildman–Crippen LogP) is 2.73. The zero-order chi connectivity index (χ0) is 20.1. The van der Waals surface area contributed by atoms with Crippen LogP contribution in [-0.2, 0) is 15.7 Å². The van der Waals surface area contributed by atoms with Gasteiger partial charge in [-0.2, -0.15) is 5.26 Å². The fraction of sp³-hybridized carbons (Fsp3) is 0.318. The predicted molar refractivity (Wildman–Crippen MR) is 106 cm³/mol. The van der Waals surface area contributed by atoms with E-state index in [1.807, 2.05) is 31.2 Å². The molecule has 28 heavy (non-hydrogen) atoms. The van der Waals surface area contributed by atoms with Crippen molar-refractivity contribution >= 4 is 11.9 Å². The van der Waals surface area contributed by atoms with E-state index in [0.717, 1.165) is 24.0 Å². The van der Waals surface area contributed by atoms with Crippen LogP contribution < -0.4 is 5.73 Å². The van der Waals surface area contributed by atoms with E-state index < -0.39 is 11.5 Å². The van der Waals surface area contributed by atoms with Gasteiger partial charge >= 0.3 is 0 Å². The van der Waals surface area contributed by atoms with Crippen LogP contribution in [0.3, 0.4) is 0 Å². The lowest BCUT2D eigenvalue weighted by Crippen LogP contribution is -2.52. The molecule has 1 fully saturated rings. The first kappa shape index (κ1) is 18.1. The van der Waals surface area contributed by atoms with Crippen LogP contribution >= 0.6 is 0 Å². The second-order valence-corrected chi connectivity index (χ2v) is 7.78. The summed E-state index contributed by atoms with van der Waals surface area (Å²) in [5, 5.41) is 19.9. The maximum absolute atomic E-state index is 13.2. The van der Waals surface area contributed by atoms with E-state index in [9.17, 15) is 15.2 Å². The van der Waals surface area contributed by atoms with Crippen LogP contribution in [0.1, 0.15) is 42.4 Å². The maximum Gasteiger partial charge on any atom is 0.239 e. The van der Waals surface area contributed by atoms with Crippen LogP contribution in [0.4, 0.5) is 0 Å². The van der Waals surface area contributed by atoms with Crippen LogP contribution in [0.2, 0.25) is 0 Å². The van der Waals surface area contributed by atoms with Gasteiger partial charge in [-0.1, -0.05) is 42.5 Å². The Balaban J connectivity index is 1.84. The summed E-state index contributed by atoms with van der Waals surface area (Å²) in [6.07, 6.45) is 1.73. The molecular weight excluding hydrogens is 352 g/mol.